The van der Waals surface area contributed by atoms with Gasteiger partial charge in [-0.15, -0.1) is 0 Å². The van der Waals surface area contributed by atoms with Gasteiger partial charge in [0.25, 0.3) is 0 Å². The third-order valence-corrected chi connectivity index (χ3v) is 3.23. The lowest BCUT2D eigenvalue weighted by Gasteiger charge is -2.28. The number of pyridine rings is 1. The quantitative estimate of drug-likeness (QED) is 0.456. The van der Waals surface area contributed by atoms with Crippen molar-refractivity contribution >= 4 is 0 Å². The highest BCUT2D eigenvalue weighted by Crippen LogP contribution is 2.20. The molecule has 2 aromatic heterocycles. The number of hydrogen-bond donors (Lipinski definition) is 5. The van der Waals surface area contributed by atoms with Crippen LogP contribution in [0.3, 0.4) is 0 Å². The van der Waals surface area contributed by atoms with Gasteiger partial charge in [-0.3, -0.25) is 10.1 Å². The van der Waals surface area contributed by atoms with Crippen LogP contribution >= 0.6 is 0 Å². The van der Waals surface area contributed by atoms with E-state index in [2.05, 4.69) is 20.5 Å². The van der Waals surface area contributed by atoms with Crippen LogP contribution in [0.4, 0.5) is 0 Å². The lowest BCUT2D eigenvalue weighted by molar-refractivity contribution is 0.0414. The lowest BCUT2D eigenvalue weighted by atomic mass is 10.0. The van der Waals surface area contributed by atoms with Gasteiger partial charge in [0.05, 0.1) is 37.3 Å². The molecule has 7 nitrogen and oxygen atoms in total. The largest absolute Gasteiger partial charge is 0.394 e. The molecule has 0 atom stereocenters. The lowest BCUT2D eigenvalue weighted by Crippen LogP contribution is -2.54. The molecule has 0 saturated carbocycles. The third-order valence-electron chi connectivity index (χ3n) is 3.23. The molecule has 0 aliphatic carbocycles. The first-order valence-corrected chi connectivity index (χ1v) is 6.25. The van der Waals surface area contributed by atoms with Gasteiger partial charge in [0.2, 0.25) is 0 Å². The highest BCUT2D eigenvalue weighted by molar-refractivity contribution is 5.61. The molecule has 0 fully saturated rings. The van der Waals surface area contributed by atoms with Gasteiger partial charge < -0.3 is 20.6 Å². The van der Waals surface area contributed by atoms with Gasteiger partial charge in [-0.1, -0.05) is 0 Å². The minimum atomic E-state index is -1.11. The number of rotatable bonds is 7. The zero-order chi connectivity index (χ0) is 14.4. The maximum Gasteiger partial charge on any atom is 0.0884 e. The number of hydrogen-bond acceptors (Lipinski definition) is 6. The topological polar surface area (TPSA) is 114 Å². The molecule has 0 radical (unpaired) electrons. The van der Waals surface area contributed by atoms with E-state index >= 15 is 0 Å². The van der Waals surface area contributed by atoms with E-state index in [0.29, 0.717) is 6.54 Å². The standard InChI is InChI=1S/C13H18N4O3/c18-7-13(8-19,9-20)15-5-11-6-16-17-12(11)10-2-1-3-14-4-10/h1-4,6,15,18-20H,5,7-9H2,(H,16,17). The Bertz CT molecular complexity index is 517. The molecule has 0 bridgehead atoms. The molecule has 0 aliphatic rings. The number of H-pyrrole nitrogens is 1. The summed E-state index contributed by atoms with van der Waals surface area (Å²) in [5.41, 5.74) is 1.46. The Kier molecular flexibility index (Phi) is 4.80. The summed E-state index contributed by atoms with van der Waals surface area (Å²) in [6.07, 6.45) is 5.06. The van der Waals surface area contributed by atoms with Crippen molar-refractivity contribution in [1.82, 2.24) is 20.5 Å². The monoisotopic (exact) mass is 278 g/mol. The number of aromatic amines is 1. The molecule has 5 N–H and O–H groups in total. The molecular weight excluding hydrogens is 260 g/mol. The van der Waals surface area contributed by atoms with E-state index in [0.717, 1.165) is 16.8 Å². The van der Waals surface area contributed by atoms with Crippen molar-refractivity contribution in [2.24, 2.45) is 0 Å². The highest BCUT2D eigenvalue weighted by Gasteiger charge is 2.27. The van der Waals surface area contributed by atoms with E-state index in [9.17, 15) is 15.3 Å². The Morgan fingerprint density at radius 3 is 2.50 bits per heavy atom. The van der Waals surface area contributed by atoms with Crippen LogP contribution < -0.4 is 5.32 Å². The van der Waals surface area contributed by atoms with Gasteiger partial charge >= 0.3 is 0 Å². The molecule has 2 heterocycles. The number of aliphatic hydroxyl groups excluding tert-OH is 3. The van der Waals surface area contributed by atoms with Crippen LogP contribution in [0.25, 0.3) is 11.3 Å². The summed E-state index contributed by atoms with van der Waals surface area (Å²) in [4.78, 5) is 4.05. The summed E-state index contributed by atoms with van der Waals surface area (Å²) < 4.78 is 0. The smallest absolute Gasteiger partial charge is 0.0884 e. The van der Waals surface area contributed by atoms with Gasteiger partial charge in [-0.05, 0) is 12.1 Å². The van der Waals surface area contributed by atoms with Crippen LogP contribution in [0, 0.1) is 0 Å². The fourth-order valence-corrected chi connectivity index (χ4v) is 1.81. The molecule has 0 aliphatic heterocycles. The molecular formula is C13H18N4O3. The zero-order valence-corrected chi connectivity index (χ0v) is 11.0. The van der Waals surface area contributed by atoms with E-state index in [1.807, 2.05) is 12.1 Å². The minimum absolute atomic E-state index is 0.350. The van der Waals surface area contributed by atoms with Gasteiger partial charge in [-0.25, -0.2) is 0 Å². The van der Waals surface area contributed by atoms with Crippen molar-refractivity contribution < 1.29 is 15.3 Å². The summed E-state index contributed by atoms with van der Waals surface area (Å²) in [7, 11) is 0. The van der Waals surface area contributed by atoms with E-state index in [1.165, 1.54) is 0 Å². The van der Waals surface area contributed by atoms with Crippen LogP contribution in [0.15, 0.2) is 30.7 Å². The Balaban J connectivity index is 2.14. The maximum absolute atomic E-state index is 9.28. The first kappa shape index (κ1) is 14.6. The summed E-state index contributed by atoms with van der Waals surface area (Å²) in [6.45, 7) is -0.733. The summed E-state index contributed by atoms with van der Waals surface area (Å²) >= 11 is 0. The average molecular weight is 278 g/mol. The van der Waals surface area contributed by atoms with Crippen LogP contribution in [0.1, 0.15) is 5.56 Å². The molecule has 0 saturated heterocycles. The second-order valence-electron chi connectivity index (χ2n) is 4.62. The number of nitrogens with zero attached hydrogens (tertiary/aromatic N) is 2. The van der Waals surface area contributed by atoms with E-state index in [4.69, 9.17) is 0 Å². The third kappa shape index (κ3) is 3.02. The van der Waals surface area contributed by atoms with Crippen molar-refractivity contribution in [3.63, 3.8) is 0 Å². The van der Waals surface area contributed by atoms with Gasteiger partial charge in [0.15, 0.2) is 0 Å². The van der Waals surface area contributed by atoms with Crippen LogP contribution in [0.2, 0.25) is 0 Å². The number of aromatic nitrogens is 3. The van der Waals surface area contributed by atoms with Crippen molar-refractivity contribution in [3.8, 4) is 11.3 Å². The summed E-state index contributed by atoms with van der Waals surface area (Å²) in [6, 6.07) is 3.73. The van der Waals surface area contributed by atoms with E-state index in [1.54, 1.807) is 18.6 Å². The number of aliphatic hydroxyl groups is 3. The summed E-state index contributed by atoms with van der Waals surface area (Å²) in [5, 5.41) is 37.7. The molecule has 0 aromatic carbocycles. The predicted molar refractivity (Wildman–Crippen MR) is 72.6 cm³/mol. The zero-order valence-electron chi connectivity index (χ0n) is 11.0. The first-order valence-electron chi connectivity index (χ1n) is 6.25. The SMILES string of the molecule is OCC(CO)(CO)NCc1cn[nH]c1-c1cccnc1. The van der Waals surface area contributed by atoms with Crippen molar-refractivity contribution in [2.45, 2.75) is 12.1 Å². The van der Waals surface area contributed by atoms with Crippen molar-refractivity contribution in [3.05, 3.63) is 36.3 Å². The van der Waals surface area contributed by atoms with E-state index in [-0.39, 0.29) is 19.8 Å². The second kappa shape index (κ2) is 6.58. The minimum Gasteiger partial charge on any atom is -0.394 e. The molecule has 2 rings (SSSR count). The Hall–Kier alpha value is -1.80. The molecule has 20 heavy (non-hydrogen) atoms. The Morgan fingerprint density at radius 2 is 1.90 bits per heavy atom. The summed E-state index contributed by atoms with van der Waals surface area (Å²) in [5.74, 6) is 0. The molecule has 2 aromatic rings. The highest BCUT2D eigenvalue weighted by atomic mass is 16.3. The average Bonchev–Trinajstić information content (AvgIpc) is 2.99. The van der Waals surface area contributed by atoms with Crippen LogP contribution in [0.5, 0.6) is 0 Å². The maximum atomic E-state index is 9.28. The Labute approximate surface area is 116 Å². The molecule has 0 spiro atoms. The van der Waals surface area contributed by atoms with Crippen molar-refractivity contribution in [2.75, 3.05) is 19.8 Å². The molecule has 0 unspecified atom stereocenters. The Morgan fingerprint density at radius 1 is 1.15 bits per heavy atom. The normalized spacial score (nSPS) is 11.8. The van der Waals surface area contributed by atoms with Crippen LogP contribution in [-0.4, -0.2) is 55.9 Å². The fraction of sp³-hybridized carbons (Fsp3) is 0.385. The molecule has 0 amide bonds. The van der Waals surface area contributed by atoms with Gasteiger partial charge in [0, 0.05) is 30.1 Å². The fourth-order valence-electron chi connectivity index (χ4n) is 1.81. The predicted octanol–water partition coefficient (Wildman–Crippen LogP) is -0.723. The van der Waals surface area contributed by atoms with Gasteiger partial charge in [0.1, 0.15) is 0 Å². The molecule has 108 valence electrons. The van der Waals surface area contributed by atoms with Gasteiger partial charge in [-0.2, -0.15) is 5.10 Å². The van der Waals surface area contributed by atoms with Crippen molar-refractivity contribution in [1.29, 1.82) is 0 Å². The second-order valence-corrected chi connectivity index (χ2v) is 4.62. The molecule has 7 heteroatoms. The van der Waals surface area contributed by atoms with Crippen LogP contribution in [-0.2, 0) is 6.54 Å². The van der Waals surface area contributed by atoms with E-state index < -0.39 is 5.54 Å². The first-order chi connectivity index (χ1) is 9.74. The number of nitrogens with one attached hydrogen (secondary N) is 2.